The van der Waals surface area contributed by atoms with E-state index in [1.165, 1.54) is 12.3 Å². The fourth-order valence-electron chi connectivity index (χ4n) is 4.20. The maximum atomic E-state index is 13.3. The number of pyridine rings is 1. The molecule has 0 aromatic carbocycles. The number of piperidine rings is 2. The van der Waals surface area contributed by atoms with Crippen molar-refractivity contribution >= 4 is 5.82 Å². The average Bonchev–Trinajstić information content (AvgIpc) is 2.66. The topological polar surface area (TPSA) is 100 Å². The molecule has 1 aromatic heterocycles. The van der Waals surface area contributed by atoms with Crippen molar-refractivity contribution in [2.45, 2.75) is 43.4 Å². The third kappa shape index (κ3) is 4.41. The molecule has 0 amide bonds. The largest absolute Gasteiger partial charge is 0.419 e. The highest BCUT2D eigenvalue weighted by Gasteiger charge is 2.42. The number of aliphatic hydroxyl groups excluding tert-OH is 4. The minimum atomic E-state index is -4.49. The van der Waals surface area contributed by atoms with E-state index in [2.05, 4.69) is 4.98 Å². The molecule has 0 spiro atoms. The smallest absolute Gasteiger partial charge is 0.395 e. The Balaban J connectivity index is 1.72. The molecule has 2 aliphatic rings. The summed E-state index contributed by atoms with van der Waals surface area (Å²) < 4.78 is 39.9. The van der Waals surface area contributed by atoms with E-state index in [4.69, 9.17) is 0 Å². The van der Waals surface area contributed by atoms with E-state index >= 15 is 0 Å². The van der Waals surface area contributed by atoms with Crippen LogP contribution in [0.1, 0.15) is 18.4 Å². The number of aromatic nitrogens is 1. The number of nitrogens with zero attached hydrogens (tertiary/aromatic N) is 3. The van der Waals surface area contributed by atoms with Crippen LogP contribution in [0.3, 0.4) is 0 Å². The normalized spacial score (nSPS) is 32.5. The van der Waals surface area contributed by atoms with E-state index in [9.17, 15) is 33.6 Å². The first-order valence-corrected chi connectivity index (χ1v) is 9.38. The summed E-state index contributed by atoms with van der Waals surface area (Å²) in [5, 5.41) is 39.4. The molecule has 0 saturated carbocycles. The highest BCUT2D eigenvalue weighted by molar-refractivity contribution is 5.48. The standard InChI is InChI=1S/C18H26F3N3O4/c19-18(20,21)12-4-1-5-22-17(12)23-6-2-3-11(7-23)8-24-9-14(26)16(28)15(27)13(24)10-25/h1,4-5,11,13-16,25-28H,2-3,6-10H2/t11-,13+,14+,15-,16-/m1/s1. The number of rotatable bonds is 4. The molecule has 3 heterocycles. The molecule has 2 aliphatic heterocycles. The second kappa shape index (κ2) is 8.50. The summed E-state index contributed by atoms with van der Waals surface area (Å²) in [5.74, 6) is -0.118. The maximum absolute atomic E-state index is 13.3. The first-order valence-electron chi connectivity index (χ1n) is 9.38. The molecule has 0 bridgehead atoms. The Bertz CT molecular complexity index is 663. The van der Waals surface area contributed by atoms with Crippen LogP contribution in [0.4, 0.5) is 19.0 Å². The van der Waals surface area contributed by atoms with Crippen LogP contribution in [-0.4, -0.2) is 87.4 Å². The van der Waals surface area contributed by atoms with Crippen LogP contribution in [-0.2, 0) is 6.18 Å². The van der Waals surface area contributed by atoms with Gasteiger partial charge in [0.25, 0.3) is 0 Å². The van der Waals surface area contributed by atoms with Gasteiger partial charge in [0.1, 0.15) is 18.0 Å². The van der Waals surface area contributed by atoms with Crippen molar-refractivity contribution in [3.8, 4) is 0 Å². The molecule has 28 heavy (non-hydrogen) atoms. The Morgan fingerprint density at radius 1 is 1.14 bits per heavy atom. The summed E-state index contributed by atoms with van der Waals surface area (Å²) in [6, 6.07) is 1.56. The lowest BCUT2D eigenvalue weighted by molar-refractivity contribution is -0.147. The summed E-state index contributed by atoms with van der Waals surface area (Å²) in [6.45, 7) is 0.890. The van der Waals surface area contributed by atoms with Crippen molar-refractivity contribution in [3.05, 3.63) is 23.9 Å². The highest BCUT2D eigenvalue weighted by Crippen LogP contribution is 2.36. The lowest BCUT2D eigenvalue weighted by atomic mass is 9.91. The minimum Gasteiger partial charge on any atom is -0.395 e. The van der Waals surface area contributed by atoms with Gasteiger partial charge in [0.05, 0.1) is 24.3 Å². The molecular weight excluding hydrogens is 379 g/mol. The number of anilines is 1. The van der Waals surface area contributed by atoms with Gasteiger partial charge in [0.15, 0.2) is 0 Å². The number of likely N-dealkylation sites (tertiary alicyclic amines) is 1. The van der Waals surface area contributed by atoms with Crippen LogP contribution in [0.5, 0.6) is 0 Å². The Kier molecular flexibility index (Phi) is 6.45. The zero-order valence-electron chi connectivity index (χ0n) is 15.3. The van der Waals surface area contributed by atoms with E-state index in [0.29, 0.717) is 26.1 Å². The lowest BCUT2D eigenvalue weighted by Crippen LogP contribution is -2.63. The molecule has 1 aromatic rings. The van der Waals surface area contributed by atoms with Crippen LogP contribution < -0.4 is 4.90 Å². The molecule has 158 valence electrons. The van der Waals surface area contributed by atoms with Gasteiger partial charge in [-0.2, -0.15) is 13.2 Å². The predicted molar refractivity (Wildman–Crippen MR) is 94.6 cm³/mol. The zero-order chi connectivity index (χ0) is 20.5. The number of alkyl halides is 3. The Morgan fingerprint density at radius 2 is 1.89 bits per heavy atom. The molecule has 4 N–H and O–H groups in total. The lowest BCUT2D eigenvalue weighted by Gasteiger charge is -2.45. The van der Waals surface area contributed by atoms with Gasteiger partial charge >= 0.3 is 6.18 Å². The molecule has 3 rings (SSSR count). The van der Waals surface area contributed by atoms with Crippen LogP contribution in [0.2, 0.25) is 0 Å². The third-order valence-corrected chi connectivity index (χ3v) is 5.62. The van der Waals surface area contributed by atoms with Gasteiger partial charge in [-0.25, -0.2) is 4.98 Å². The Morgan fingerprint density at radius 3 is 2.57 bits per heavy atom. The average molecular weight is 405 g/mol. The maximum Gasteiger partial charge on any atom is 0.419 e. The number of β-amino-alcohol motifs (C(OH)–C–C–N with tert-alkyl or cyclic N) is 1. The van der Waals surface area contributed by atoms with E-state index in [1.54, 1.807) is 9.80 Å². The van der Waals surface area contributed by atoms with Crippen molar-refractivity contribution in [2.75, 3.05) is 37.7 Å². The Labute approximate surface area is 161 Å². The van der Waals surface area contributed by atoms with Gasteiger partial charge in [0, 0.05) is 32.4 Å². The Hall–Kier alpha value is -1.46. The van der Waals surface area contributed by atoms with Crippen molar-refractivity contribution < 1.29 is 33.6 Å². The zero-order valence-corrected chi connectivity index (χ0v) is 15.3. The van der Waals surface area contributed by atoms with Crippen LogP contribution in [0.15, 0.2) is 18.3 Å². The molecule has 10 heteroatoms. The molecule has 0 unspecified atom stereocenters. The van der Waals surface area contributed by atoms with Crippen LogP contribution in [0, 0.1) is 5.92 Å². The van der Waals surface area contributed by atoms with Crippen molar-refractivity contribution in [2.24, 2.45) is 5.92 Å². The summed E-state index contributed by atoms with van der Waals surface area (Å²) in [4.78, 5) is 7.28. The third-order valence-electron chi connectivity index (χ3n) is 5.62. The highest BCUT2D eigenvalue weighted by atomic mass is 19.4. The van der Waals surface area contributed by atoms with Gasteiger partial charge in [-0.15, -0.1) is 0 Å². The second-order valence-electron chi connectivity index (χ2n) is 7.58. The second-order valence-corrected chi connectivity index (χ2v) is 7.58. The number of aliphatic hydroxyl groups is 4. The van der Waals surface area contributed by atoms with Gasteiger partial charge in [-0.1, -0.05) is 0 Å². The van der Waals surface area contributed by atoms with E-state index in [1.807, 2.05) is 0 Å². The minimum absolute atomic E-state index is 0.0273. The molecule has 7 nitrogen and oxygen atoms in total. The molecule has 2 fully saturated rings. The van der Waals surface area contributed by atoms with E-state index in [-0.39, 0.29) is 24.9 Å². The van der Waals surface area contributed by atoms with Gasteiger partial charge in [-0.05, 0) is 30.9 Å². The molecule has 2 saturated heterocycles. The SMILES string of the molecule is OC[C@H]1[C@@H](O)[C@H](O)[C@@H](O)CN1C[C@@H]1CCCN(c2ncccc2C(F)(F)F)C1. The van der Waals surface area contributed by atoms with E-state index < -0.39 is 36.1 Å². The van der Waals surface area contributed by atoms with Crippen molar-refractivity contribution in [1.82, 2.24) is 9.88 Å². The van der Waals surface area contributed by atoms with Crippen molar-refractivity contribution in [1.29, 1.82) is 0 Å². The predicted octanol–water partition coefficient (Wildman–Crippen LogP) is 0.0760. The van der Waals surface area contributed by atoms with E-state index in [0.717, 1.165) is 12.5 Å². The first-order chi connectivity index (χ1) is 13.2. The summed E-state index contributed by atoms with van der Waals surface area (Å²) in [5.41, 5.74) is -0.768. The molecule has 5 atom stereocenters. The summed E-state index contributed by atoms with van der Waals surface area (Å²) in [6.07, 6.45) is -5.46. The summed E-state index contributed by atoms with van der Waals surface area (Å²) in [7, 11) is 0. The van der Waals surface area contributed by atoms with Crippen LogP contribution in [0.25, 0.3) is 0 Å². The summed E-state index contributed by atoms with van der Waals surface area (Å²) >= 11 is 0. The fourth-order valence-corrected chi connectivity index (χ4v) is 4.20. The van der Waals surface area contributed by atoms with Gasteiger partial charge < -0.3 is 25.3 Å². The molecular formula is C18H26F3N3O4. The monoisotopic (exact) mass is 405 g/mol. The molecule has 0 aliphatic carbocycles. The quantitative estimate of drug-likeness (QED) is 0.563. The van der Waals surface area contributed by atoms with Gasteiger partial charge in [0.2, 0.25) is 0 Å². The molecule has 0 radical (unpaired) electrons. The van der Waals surface area contributed by atoms with Crippen LogP contribution >= 0.6 is 0 Å². The number of hydrogen-bond acceptors (Lipinski definition) is 7. The fraction of sp³-hybridized carbons (Fsp3) is 0.722. The van der Waals surface area contributed by atoms with Crippen molar-refractivity contribution in [3.63, 3.8) is 0 Å². The first kappa shape index (κ1) is 21.3. The van der Waals surface area contributed by atoms with Gasteiger partial charge in [-0.3, -0.25) is 4.90 Å². The number of halogens is 3. The number of hydrogen-bond donors (Lipinski definition) is 4.